The summed E-state index contributed by atoms with van der Waals surface area (Å²) in [6.07, 6.45) is 0. The van der Waals surface area contributed by atoms with Crippen LogP contribution >= 0.6 is 27.5 Å². The average molecular weight is 355 g/mol. The first-order valence-corrected chi connectivity index (χ1v) is 7.58. The number of hydrogen-bond acceptors (Lipinski definition) is 2. The second-order valence-corrected chi connectivity index (χ2v) is 5.95. The Balaban J connectivity index is 1.99. The molecule has 0 saturated heterocycles. The Bertz CT molecular complexity index is 588. The Morgan fingerprint density at radius 2 is 2.05 bits per heavy atom. The lowest BCUT2D eigenvalue weighted by atomic mass is 10.1. The van der Waals surface area contributed by atoms with Gasteiger partial charge < -0.3 is 10.1 Å². The molecule has 0 amide bonds. The lowest BCUT2D eigenvalue weighted by Gasteiger charge is -2.15. The minimum Gasteiger partial charge on any atom is -0.495 e. The molecule has 4 heteroatoms. The van der Waals surface area contributed by atoms with Gasteiger partial charge in [0.15, 0.2) is 0 Å². The molecule has 0 heterocycles. The van der Waals surface area contributed by atoms with Crippen molar-refractivity contribution in [2.45, 2.75) is 19.5 Å². The maximum Gasteiger partial charge on any atom is 0.137 e. The van der Waals surface area contributed by atoms with Crippen molar-refractivity contribution in [2.75, 3.05) is 7.11 Å². The highest BCUT2D eigenvalue weighted by atomic mass is 79.9. The van der Waals surface area contributed by atoms with Crippen LogP contribution in [-0.2, 0) is 6.54 Å². The van der Waals surface area contributed by atoms with Crippen LogP contribution in [0.5, 0.6) is 5.75 Å². The van der Waals surface area contributed by atoms with Crippen LogP contribution < -0.4 is 10.1 Å². The van der Waals surface area contributed by atoms with E-state index in [4.69, 9.17) is 16.3 Å². The molecule has 0 spiro atoms. The van der Waals surface area contributed by atoms with Crippen LogP contribution in [0.3, 0.4) is 0 Å². The predicted molar refractivity (Wildman–Crippen MR) is 87.4 cm³/mol. The van der Waals surface area contributed by atoms with Crippen LogP contribution in [-0.4, -0.2) is 7.11 Å². The smallest absolute Gasteiger partial charge is 0.137 e. The number of hydrogen-bond donors (Lipinski definition) is 1. The maximum atomic E-state index is 6.12. The topological polar surface area (TPSA) is 21.3 Å². The molecule has 1 unspecified atom stereocenters. The number of methoxy groups -OCH3 is 1. The molecular formula is C16H17BrClNO. The first-order valence-electron chi connectivity index (χ1n) is 6.41. The second-order valence-electron chi connectivity index (χ2n) is 4.63. The molecule has 2 nitrogen and oxygen atoms in total. The Kier molecular flexibility index (Phi) is 5.46. The fourth-order valence-electron chi connectivity index (χ4n) is 1.98. The summed E-state index contributed by atoms with van der Waals surface area (Å²) in [6.45, 7) is 2.91. The van der Waals surface area contributed by atoms with Gasteiger partial charge in [-0.05, 0) is 42.3 Å². The van der Waals surface area contributed by atoms with Gasteiger partial charge in [-0.1, -0.05) is 45.7 Å². The third-order valence-electron chi connectivity index (χ3n) is 3.18. The molecule has 20 heavy (non-hydrogen) atoms. The minimum atomic E-state index is 0.272. The predicted octanol–water partition coefficient (Wildman–Crippen LogP) is 4.96. The van der Waals surface area contributed by atoms with E-state index in [2.05, 4.69) is 40.3 Å². The van der Waals surface area contributed by atoms with Crippen molar-refractivity contribution < 1.29 is 4.74 Å². The molecule has 2 rings (SSSR count). The van der Waals surface area contributed by atoms with Crippen LogP contribution in [0, 0.1) is 0 Å². The molecule has 1 N–H and O–H groups in total. The van der Waals surface area contributed by atoms with Gasteiger partial charge in [0.05, 0.1) is 12.1 Å². The molecule has 0 fully saturated rings. The molecule has 2 aromatic carbocycles. The Labute approximate surface area is 133 Å². The average Bonchev–Trinajstić information content (AvgIpc) is 2.45. The zero-order valence-corrected chi connectivity index (χ0v) is 13.8. The first kappa shape index (κ1) is 15.4. The highest BCUT2D eigenvalue weighted by molar-refractivity contribution is 9.10. The van der Waals surface area contributed by atoms with E-state index in [0.29, 0.717) is 10.8 Å². The number of rotatable bonds is 5. The molecule has 106 valence electrons. The summed E-state index contributed by atoms with van der Waals surface area (Å²) in [4.78, 5) is 0. The first-order chi connectivity index (χ1) is 9.60. The molecule has 0 aliphatic rings. The van der Waals surface area contributed by atoms with Gasteiger partial charge in [0, 0.05) is 17.1 Å². The van der Waals surface area contributed by atoms with Gasteiger partial charge in [0.1, 0.15) is 5.75 Å². The zero-order valence-electron chi connectivity index (χ0n) is 11.5. The Morgan fingerprint density at radius 3 is 2.70 bits per heavy atom. The van der Waals surface area contributed by atoms with Gasteiger partial charge in [-0.15, -0.1) is 0 Å². The van der Waals surface area contributed by atoms with Crippen molar-refractivity contribution in [3.8, 4) is 5.75 Å². The van der Waals surface area contributed by atoms with E-state index in [1.165, 1.54) is 5.56 Å². The number of benzene rings is 2. The summed E-state index contributed by atoms with van der Waals surface area (Å²) in [7, 11) is 1.62. The normalized spacial score (nSPS) is 12.2. The highest BCUT2D eigenvalue weighted by Crippen LogP contribution is 2.25. The van der Waals surface area contributed by atoms with E-state index >= 15 is 0 Å². The van der Waals surface area contributed by atoms with Gasteiger partial charge >= 0.3 is 0 Å². The molecule has 1 atom stereocenters. The fourth-order valence-corrected chi connectivity index (χ4v) is 2.68. The molecule has 0 aromatic heterocycles. The molecule has 2 aromatic rings. The molecular weight excluding hydrogens is 338 g/mol. The molecule has 0 saturated carbocycles. The van der Waals surface area contributed by atoms with Gasteiger partial charge in [0.2, 0.25) is 0 Å². The summed E-state index contributed by atoms with van der Waals surface area (Å²) in [5.74, 6) is 0.704. The van der Waals surface area contributed by atoms with Crippen molar-refractivity contribution in [1.29, 1.82) is 0 Å². The minimum absolute atomic E-state index is 0.272. The zero-order chi connectivity index (χ0) is 14.5. The summed E-state index contributed by atoms with van der Waals surface area (Å²) < 4.78 is 6.24. The number of ether oxygens (including phenoxy) is 1. The third-order valence-corrected chi connectivity index (χ3v) is 3.97. The largest absolute Gasteiger partial charge is 0.495 e. The van der Waals surface area contributed by atoms with Crippen molar-refractivity contribution in [1.82, 2.24) is 5.32 Å². The van der Waals surface area contributed by atoms with Crippen molar-refractivity contribution in [2.24, 2.45) is 0 Å². The fraction of sp³-hybridized carbons (Fsp3) is 0.250. The number of nitrogens with one attached hydrogen (secondary N) is 1. The van der Waals surface area contributed by atoms with E-state index in [-0.39, 0.29) is 6.04 Å². The lowest BCUT2D eigenvalue weighted by molar-refractivity contribution is 0.414. The van der Waals surface area contributed by atoms with Gasteiger partial charge in [0.25, 0.3) is 0 Å². The quantitative estimate of drug-likeness (QED) is 0.819. The van der Waals surface area contributed by atoms with E-state index in [9.17, 15) is 0 Å². The summed E-state index contributed by atoms with van der Waals surface area (Å²) in [5, 5.41) is 4.13. The second kappa shape index (κ2) is 7.11. The van der Waals surface area contributed by atoms with Crippen molar-refractivity contribution in [3.63, 3.8) is 0 Å². The van der Waals surface area contributed by atoms with E-state index in [0.717, 1.165) is 16.6 Å². The molecule has 0 aliphatic carbocycles. The SMILES string of the molecule is COc1ccc(CNC(C)c2cccc(Br)c2)cc1Cl. The van der Waals surface area contributed by atoms with Crippen LogP contribution in [0.1, 0.15) is 24.1 Å². The Morgan fingerprint density at radius 1 is 1.25 bits per heavy atom. The molecule has 0 radical (unpaired) electrons. The van der Waals surface area contributed by atoms with E-state index in [1.807, 2.05) is 30.3 Å². The van der Waals surface area contributed by atoms with Gasteiger partial charge in [-0.2, -0.15) is 0 Å². The summed E-state index contributed by atoms with van der Waals surface area (Å²) in [6, 6.07) is 14.4. The lowest BCUT2D eigenvalue weighted by Crippen LogP contribution is -2.18. The van der Waals surface area contributed by atoms with Crippen molar-refractivity contribution >= 4 is 27.5 Å². The van der Waals surface area contributed by atoms with Crippen LogP contribution in [0.25, 0.3) is 0 Å². The maximum absolute atomic E-state index is 6.12. The third kappa shape index (κ3) is 3.98. The summed E-state index contributed by atoms with van der Waals surface area (Å²) >= 11 is 9.62. The Hall–Kier alpha value is -1.03. The van der Waals surface area contributed by atoms with Crippen molar-refractivity contribution in [3.05, 3.63) is 63.1 Å². The molecule has 0 aliphatic heterocycles. The van der Waals surface area contributed by atoms with Gasteiger partial charge in [-0.3, -0.25) is 0 Å². The van der Waals surface area contributed by atoms with E-state index < -0.39 is 0 Å². The number of halogens is 2. The highest BCUT2D eigenvalue weighted by Gasteiger charge is 2.06. The van der Waals surface area contributed by atoms with Crippen LogP contribution in [0.2, 0.25) is 5.02 Å². The monoisotopic (exact) mass is 353 g/mol. The van der Waals surface area contributed by atoms with Crippen LogP contribution in [0.4, 0.5) is 0 Å². The van der Waals surface area contributed by atoms with E-state index in [1.54, 1.807) is 7.11 Å². The summed E-state index contributed by atoms with van der Waals surface area (Å²) in [5.41, 5.74) is 2.39. The standard InChI is InChI=1S/C16H17BrClNO/c1-11(13-4-3-5-14(17)9-13)19-10-12-6-7-16(20-2)15(18)8-12/h3-9,11,19H,10H2,1-2H3. The van der Waals surface area contributed by atoms with Crippen LogP contribution in [0.15, 0.2) is 46.9 Å². The van der Waals surface area contributed by atoms with Gasteiger partial charge in [-0.25, -0.2) is 0 Å². The molecule has 0 bridgehead atoms.